The number of ether oxygens (including phenoxy) is 2. The van der Waals surface area contributed by atoms with Gasteiger partial charge in [-0.05, 0) is 31.5 Å². The molecule has 1 aromatic carbocycles. The predicted octanol–water partition coefficient (Wildman–Crippen LogP) is 1.14. The lowest BCUT2D eigenvalue weighted by Gasteiger charge is -2.40. The second-order valence-electron chi connectivity index (χ2n) is 5.39. The highest BCUT2D eigenvalue weighted by Gasteiger charge is 2.37. The third kappa shape index (κ3) is 3.47. The molecule has 2 N–H and O–H groups in total. The van der Waals surface area contributed by atoms with Gasteiger partial charge in [0.1, 0.15) is 5.75 Å². The molecule has 1 fully saturated rings. The number of nitrogens with one attached hydrogen (secondary N) is 1. The van der Waals surface area contributed by atoms with Crippen LogP contribution in [0.3, 0.4) is 0 Å². The Bertz CT molecular complexity index is 410. The number of hydrogen-bond acceptors (Lipinski definition) is 4. The van der Waals surface area contributed by atoms with Gasteiger partial charge < -0.3 is 19.9 Å². The van der Waals surface area contributed by atoms with E-state index in [4.69, 9.17) is 9.47 Å². The van der Waals surface area contributed by atoms with E-state index in [1.165, 1.54) is 11.1 Å². The molecule has 106 valence electrons. The molecular weight excluding hydrogens is 242 g/mol. The van der Waals surface area contributed by atoms with E-state index in [0.717, 1.165) is 25.3 Å². The standard InChI is InChI=1S/C15H23NO3/c1-12-3-4-14(18-2)13(7-12)5-6-16-8-15(9-17)10-19-11-15/h3-4,7,16-17H,5-6,8-11H2,1-2H3. The van der Waals surface area contributed by atoms with E-state index in [1.54, 1.807) is 7.11 Å². The zero-order valence-corrected chi connectivity index (χ0v) is 11.7. The molecular formula is C15H23NO3. The van der Waals surface area contributed by atoms with Gasteiger partial charge >= 0.3 is 0 Å². The molecule has 0 spiro atoms. The van der Waals surface area contributed by atoms with Crippen LogP contribution in [0.1, 0.15) is 11.1 Å². The number of hydrogen-bond donors (Lipinski definition) is 2. The molecule has 2 rings (SSSR count). The van der Waals surface area contributed by atoms with Gasteiger partial charge in [0.2, 0.25) is 0 Å². The zero-order chi connectivity index (χ0) is 13.7. The van der Waals surface area contributed by atoms with Crippen LogP contribution in [-0.2, 0) is 11.2 Å². The molecule has 1 saturated heterocycles. The molecule has 19 heavy (non-hydrogen) atoms. The van der Waals surface area contributed by atoms with E-state index < -0.39 is 0 Å². The minimum Gasteiger partial charge on any atom is -0.496 e. The van der Waals surface area contributed by atoms with Crippen molar-refractivity contribution in [2.24, 2.45) is 5.41 Å². The maximum atomic E-state index is 9.33. The second-order valence-corrected chi connectivity index (χ2v) is 5.39. The van der Waals surface area contributed by atoms with Gasteiger partial charge in [-0.3, -0.25) is 0 Å². The minimum atomic E-state index is -0.0588. The molecule has 0 saturated carbocycles. The highest BCUT2D eigenvalue weighted by molar-refractivity contribution is 5.37. The first-order valence-electron chi connectivity index (χ1n) is 6.72. The molecule has 0 unspecified atom stereocenters. The Hall–Kier alpha value is -1.10. The number of benzene rings is 1. The van der Waals surface area contributed by atoms with E-state index in [9.17, 15) is 5.11 Å². The SMILES string of the molecule is COc1ccc(C)cc1CCNCC1(CO)COC1. The number of aliphatic hydroxyl groups is 1. The molecule has 0 atom stereocenters. The zero-order valence-electron chi connectivity index (χ0n) is 11.7. The summed E-state index contributed by atoms with van der Waals surface area (Å²) in [6.07, 6.45) is 0.924. The predicted molar refractivity (Wildman–Crippen MR) is 74.6 cm³/mol. The fraction of sp³-hybridized carbons (Fsp3) is 0.600. The van der Waals surface area contributed by atoms with Gasteiger partial charge in [0, 0.05) is 6.54 Å². The fourth-order valence-electron chi connectivity index (χ4n) is 2.32. The molecule has 4 nitrogen and oxygen atoms in total. The van der Waals surface area contributed by atoms with E-state index in [-0.39, 0.29) is 12.0 Å². The van der Waals surface area contributed by atoms with Gasteiger partial charge in [-0.15, -0.1) is 0 Å². The third-order valence-electron chi connectivity index (χ3n) is 3.66. The van der Waals surface area contributed by atoms with Crippen molar-refractivity contribution in [1.29, 1.82) is 0 Å². The first kappa shape index (κ1) is 14.3. The fourth-order valence-corrected chi connectivity index (χ4v) is 2.32. The molecule has 1 aromatic rings. The lowest BCUT2D eigenvalue weighted by Crippen LogP contribution is -2.52. The topological polar surface area (TPSA) is 50.7 Å². The Labute approximate surface area is 114 Å². The third-order valence-corrected chi connectivity index (χ3v) is 3.66. The lowest BCUT2D eigenvalue weighted by molar-refractivity contribution is -0.134. The van der Waals surface area contributed by atoms with Crippen LogP contribution in [0.2, 0.25) is 0 Å². The van der Waals surface area contributed by atoms with Crippen molar-refractivity contribution in [3.05, 3.63) is 29.3 Å². The van der Waals surface area contributed by atoms with Crippen molar-refractivity contribution in [2.45, 2.75) is 13.3 Å². The van der Waals surface area contributed by atoms with Gasteiger partial charge in [-0.25, -0.2) is 0 Å². The summed E-state index contributed by atoms with van der Waals surface area (Å²) in [5, 5.41) is 12.7. The quantitative estimate of drug-likeness (QED) is 0.726. The number of rotatable bonds is 7. The normalized spacial score (nSPS) is 17.0. The maximum Gasteiger partial charge on any atom is 0.122 e. The average Bonchev–Trinajstić information content (AvgIpc) is 2.37. The highest BCUT2D eigenvalue weighted by Crippen LogP contribution is 2.25. The molecule has 1 aliphatic heterocycles. The van der Waals surface area contributed by atoms with Crippen LogP contribution in [0, 0.1) is 12.3 Å². The van der Waals surface area contributed by atoms with Crippen LogP contribution in [0.15, 0.2) is 18.2 Å². The van der Waals surface area contributed by atoms with Crippen molar-refractivity contribution in [2.75, 3.05) is 40.0 Å². The summed E-state index contributed by atoms with van der Waals surface area (Å²) in [5.74, 6) is 0.941. The van der Waals surface area contributed by atoms with Crippen LogP contribution < -0.4 is 10.1 Å². The average molecular weight is 265 g/mol. The summed E-state index contributed by atoms with van der Waals surface area (Å²) < 4.78 is 10.5. The van der Waals surface area contributed by atoms with Crippen molar-refractivity contribution in [3.8, 4) is 5.75 Å². The van der Waals surface area contributed by atoms with E-state index in [1.807, 2.05) is 6.07 Å². The van der Waals surface area contributed by atoms with Crippen LogP contribution >= 0.6 is 0 Å². The molecule has 1 aliphatic rings. The van der Waals surface area contributed by atoms with E-state index in [0.29, 0.717) is 13.2 Å². The van der Waals surface area contributed by atoms with E-state index in [2.05, 4.69) is 24.4 Å². The summed E-state index contributed by atoms with van der Waals surface area (Å²) >= 11 is 0. The molecule has 0 amide bonds. The van der Waals surface area contributed by atoms with Gasteiger partial charge in [0.15, 0.2) is 0 Å². The summed E-state index contributed by atoms with van der Waals surface area (Å²) in [4.78, 5) is 0. The summed E-state index contributed by atoms with van der Waals surface area (Å²) in [7, 11) is 1.70. The van der Waals surface area contributed by atoms with Gasteiger partial charge in [0.25, 0.3) is 0 Å². The van der Waals surface area contributed by atoms with Gasteiger partial charge in [-0.1, -0.05) is 17.7 Å². The molecule has 4 heteroatoms. The minimum absolute atomic E-state index is 0.0588. The largest absolute Gasteiger partial charge is 0.496 e. The summed E-state index contributed by atoms with van der Waals surface area (Å²) in [6, 6.07) is 6.23. The van der Waals surface area contributed by atoms with Gasteiger partial charge in [0.05, 0.1) is 32.3 Å². The Balaban J connectivity index is 1.80. The first-order valence-corrected chi connectivity index (χ1v) is 6.72. The van der Waals surface area contributed by atoms with Crippen LogP contribution in [0.25, 0.3) is 0 Å². The Morgan fingerprint density at radius 3 is 2.79 bits per heavy atom. The number of aryl methyl sites for hydroxylation is 1. The molecule has 1 heterocycles. The number of aliphatic hydroxyl groups excluding tert-OH is 1. The van der Waals surface area contributed by atoms with Crippen LogP contribution in [0.5, 0.6) is 5.75 Å². The Kier molecular flexibility index (Phi) is 4.80. The Morgan fingerprint density at radius 2 is 2.21 bits per heavy atom. The smallest absolute Gasteiger partial charge is 0.122 e. The number of methoxy groups -OCH3 is 1. The Morgan fingerprint density at radius 1 is 1.42 bits per heavy atom. The van der Waals surface area contributed by atoms with Crippen LogP contribution in [-0.4, -0.2) is 45.1 Å². The van der Waals surface area contributed by atoms with Gasteiger partial charge in [-0.2, -0.15) is 0 Å². The lowest BCUT2D eigenvalue weighted by atomic mass is 9.87. The van der Waals surface area contributed by atoms with E-state index >= 15 is 0 Å². The van der Waals surface area contributed by atoms with Crippen molar-refractivity contribution in [1.82, 2.24) is 5.32 Å². The maximum absolute atomic E-state index is 9.33. The van der Waals surface area contributed by atoms with Crippen molar-refractivity contribution in [3.63, 3.8) is 0 Å². The van der Waals surface area contributed by atoms with Crippen molar-refractivity contribution >= 4 is 0 Å². The van der Waals surface area contributed by atoms with Crippen molar-refractivity contribution < 1.29 is 14.6 Å². The van der Waals surface area contributed by atoms with Crippen LogP contribution in [0.4, 0.5) is 0 Å². The molecule has 0 aliphatic carbocycles. The summed E-state index contributed by atoms with van der Waals surface area (Å²) in [5.41, 5.74) is 2.41. The monoisotopic (exact) mass is 265 g/mol. The molecule has 0 radical (unpaired) electrons. The summed E-state index contributed by atoms with van der Waals surface area (Å²) in [6.45, 7) is 5.27. The second kappa shape index (κ2) is 6.37. The molecule has 0 bridgehead atoms. The first-order chi connectivity index (χ1) is 9.19. The highest BCUT2D eigenvalue weighted by atomic mass is 16.5. The molecule has 0 aromatic heterocycles.